The molecular weight excluding hydrogens is 556 g/mol. The minimum atomic E-state index is -0.497. The molecule has 0 aliphatic heterocycles. The molecule has 1 atom stereocenters. The number of carbonyl (C=O) groups is 3. The van der Waals surface area contributed by atoms with Crippen LogP contribution in [0.2, 0.25) is 0 Å². The highest BCUT2D eigenvalue weighted by Crippen LogP contribution is 2.29. The molecule has 0 fully saturated rings. The second-order valence-corrected chi connectivity index (χ2v) is 11.1. The number of hydrogen-bond acceptors (Lipinski definition) is 7. The van der Waals surface area contributed by atoms with E-state index in [0.29, 0.717) is 34.1 Å². The van der Waals surface area contributed by atoms with Gasteiger partial charge >= 0.3 is 0 Å². The fourth-order valence-corrected chi connectivity index (χ4v) is 5.47. The van der Waals surface area contributed by atoms with Crippen molar-refractivity contribution < 1.29 is 19.1 Å². The Balaban J connectivity index is 1.51. The Morgan fingerprint density at radius 1 is 1.00 bits per heavy atom. The summed E-state index contributed by atoms with van der Waals surface area (Å²) in [5.74, 6) is -0.417. The lowest BCUT2D eigenvalue weighted by Crippen LogP contribution is -2.30. The first-order valence-electron chi connectivity index (χ1n) is 12.9. The molecule has 0 saturated carbocycles. The highest BCUT2D eigenvalue weighted by Gasteiger charge is 2.20. The number of anilines is 2. The summed E-state index contributed by atoms with van der Waals surface area (Å²) < 4.78 is 5.30. The van der Waals surface area contributed by atoms with E-state index in [1.165, 1.54) is 23.1 Å². The van der Waals surface area contributed by atoms with Crippen LogP contribution in [-0.2, 0) is 9.59 Å². The zero-order chi connectivity index (χ0) is 29.2. The molecule has 1 aromatic heterocycles. The third kappa shape index (κ3) is 8.54. The van der Waals surface area contributed by atoms with Crippen LogP contribution in [0, 0.1) is 6.92 Å². The van der Waals surface area contributed by atoms with E-state index in [-0.39, 0.29) is 16.9 Å². The van der Waals surface area contributed by atoms with Crippen molar-refractivity contribution in [2.75, 3.05) is 17.7 Å². The standard InChI is InChI=1S/C31H30N4O4S2/c1-4-27(30(38)35-31-32-20(2)19-40-31)41-25-15-9-13-23(18-25)33-29(37)26(17-21-10-8-14-24(16-21)39-3)34-28(36)22-11-6-5-7-12-22/h5-19,27H,4H2,1-3H3,(H,33,37)(H,34,36)(H,32,35,38)/b26-17-. The number of thioether (sulfide) groups is 1. The highest BCUT2D eigenvalue weighted by atomic mass is 32.2. The summed E-state index contributed by atoms with van der Waals surface area (Å²) in [5, 5.41) is 10.6. The Kier molecular flexibility index (Phi) is 10.3. The Morgan fingerprint density at radius 3 is 2.49 bits per heavy atom. The van der Waals surface area contributed by atoms with Gasteiger partial charge in [-0.2, -0.15) is 0 Å². The molecule has 3 N–H and O–H groups in total. The smallest absolute Gasteiger partial charge is 0.272 e. The van der Waals surface area contributed by atoms with Gasteiger partial charge in [0.25, 0.3) is 11.8 Å². The summed E-state index contributed by atoms with van der Waals surface area (Å²) in [4.78, 5) is 44.3. The van der Waals surface area contributed by atoms with E-state index in [0.717, 1.165) is 10.6 Å². The number of aromatic nitrogens is 1. The summed E-state index contributed by atoms with van der Waals surface area (Å²) >= 11 is 2.79. The molecule has 0 bridgehead atoms. The lowest BCUT2D eigenvalue weighted by molar-refractivity contribution is -0.116. The lowest BCUT2D eigenvalue weighted by atomic mass is 10.1. The van der Waals surface area contributed by atoms with Crippen molar-refractivity contribution in [1.82, 2.24) is 10.3 Å². The highest BCUT2D eigenvalue weighted by molar-refractivity contribution is 8.00. The van der Waals surface area contributed by atoms with Gasteiger partial charge in [0.15, 0.2) is 5.13 Å². The van der Waals surface area contributed by atoms with Crippen LogP contribution in [0.15, 0.2) is 94.8 Å². The number of amides is 3. The molecule has 3 aromatic carbocycles. The van der Waals surface area contributed by atoms with Crippen molar-refractivity contribution in [2.24, 2.45) is 0 Å². The Labute approximate surface area is 247 Å². The summed E-state index contributed by atoms with van der Waals surface area (Å²) in [6, 6.07) is 23.1. The average Bonchev–Trinajstić information content (AvgIpc) is 3.40. The van der Waals surface area contributed by atoms with Gasteiger partial charge in [-0.05, 0) is 67.4 Å². The van der Waals surface area contributed by atoms with Crippen molar-refractivity contribution in [2.45, 2.75) is 30.4 Å². The SMILES string of the molecule is CCC(Sc1cccc(NC(=O)/C(=C/c2cccc(OC)c2)NC(=O)c2ccccc2)c1)C(=O)Nc1nc(C)cs1. The molecular formula is C31H30N4O4S2. The normalized spacial score (nSPS) is 11.8. The Bertz CT molecular complexity index is 1550. The molecule has 0 aliphatic carbocycles. The predicted octanol–water partition coefficient (Wildman–Crippen LogP) is 6.38. The number of methoxy groups -OCH3 is 1. The maximum atomic E-state index is 13.4. The summed E-state index contributed by atoms with van der Waals surface area (Å²) in [6.07, 6.45) is 2.20. The first-order chi connectivity index (χ1) is 19.8. The van der Waals surface area contributed by atoms with Gasteiger partial charge in [-0.25, -0.2) is 4.98 Å². The van der Waals surface area contributed by atoms with Crippen LogP contribution in [0.1, 0.15) is 35.0 Å². The third-order valence-electron chi connectivity index (χ3n) is 5.82. The van der Waals surface area contributed by atoms with E-state index in [1.807, 2.05) is 37.4 Å². The molecule has 3 amide bonds. The maximum Gasteiger partial charge on any atom is 0.272 e. The van der Waals surface area contributed by atoms with Gasteiger partial charge in [0.05, 0.1) is 18.1 Å². The summed E-state index contributed by atoms with van der Waals surface area (Å²) in [7, 11) is 1.56. The molecule has 0 aliphatic rings. The molecule has 0 radical (unpaired) electrons. The number of hydrogen-bond donors (Lipinski definition) is 3. The first-order valence-corrected chi connectivity index (χ1v) is 14.6. The zero-order valence-corrected chi connectivity index (χ0v) is 24.5. The zero-order valence-electron chi connectivity index (χ0n) is 22.8. The number of rotatable bonds is 11. The number of thiazole rings is 1. The van der Waals surface area contributed by atoms with Crippen LogP contribution < -0.4 is 20.7 Å². The van der Waals surface area contributed by atoms with E-state index in [1.54, 1.807) is 73.8 Å². The van der Waals surface area contributed by atoms with Gasteiger partial charge < -0.3 is 20.7 Å². The van der Waals surface area contributed by atoms with Crippen molar-refractivity contribution >= 4 is 57.7 Å². The Morgan fingerprint density at radius 2 is 1.78 bits per heavy atom. The number of ether oxygens (including phenoxy) is 1. The molecule has 4 rings (SSSR count). The molecule has 0 spiro atoms. The predicted molar refractivity (Wildman–Crippen MR) is 165 cm³/mol. The van der Waals surface area contributed by atoms with Crippen LogP contribution in [0.25, 0.3) is 6.08 Å². The topological polar surface area (TPSA) is 109 Å². The number of aryl methyl sites for hydroxylation is 1. The van der Waals surface area contributed by atoms with Crippen LogP contribution in [-0.4, -0.2) is 35.1 Å². The number of nitrogens with one attached hydrogen (secondary N) is 3. The number of benzene rings is 3. The van der Waals surface area contributed by atoms with Crippen molar-refractivity contribution in [3.05, 3.63) is 107 Å². The van der Waals surface area contributed by atoms with Gasteiger partial charge in [-0.1, -0.05) is 43.3 Å². The molecule has 8 nitrogen and oxygen atoms in total. The molecule has 41 heavy (non-hydrogen) atoms. The molecule has 1 unspecified atom stereocenters. The molecule has 210 valence electrons. The summed E-state index contributed by atoms with van der Waals surface area (Å²) in [5.41, 5.74) is 2.55. The fraction of sp³-hybridized carbons (Fsp3) is 0.161. The van der Waals surface area contributed by atoms with E-state index in [2.05, 4.69) is 20.9 Å². The third-order valence-corrected chi connectivity index (χ3v) is 8.05. The number of nitrogens with zero attached hydrogens (tertiary/aromatic N) is 1. The molecule has 1 heterocycles. The Hall–Kier alpha value is -4.41. The van der Waals surface area contributed by atoms with Crippen molar-refractivity contribution in [1.29, 1.82) is 0 Å². The summed E-state index contributed by atoms with van der Waals surface area (Å²) in [6.45, 7) is 3.82. The first kappa shape index (κ1) is 29.6. The van der Waals surface area contributed by atoms with Crippen LogP contribution in [0.5, 0.6) is 5.75 Å². The molecule has 4 aromatic rings. The lowest BCUT2D eigenvalue weighted by Gasteiger charge is -2.15. The fourth-order valence-electron chi connectivity index (χ4n) is 3.77. The van der Waals surface area contributed by atoms with Crippen molar-refractivity contribution in [3.63, 3.8) is 0 Å². The van der Waals surface area contributed by atoms with E-state index < -0.39 is 11.8 Å². The van der Waals surface area contributed by atoms with Crippen molar-refractivity contribution in [3.8, 4) is 5.75 Å². The number of carbonyl (C=O) groups excluding carboxylic acids is 3. The molecule has 10 heteroatoms. The van der Waals surface area contributed by atoms with Gasteiger partial charge in [0, 0.05) is 21.5 Å². The van der Waals surface area contributed by atoms with E-state index in [9.17, 15) is 14.4 Å². The van der Waals surface area contributed by atoms with Crippen LogP contribution in [0.3, 0.4) is 0 Å². The van der Waals surface area contributed by atoms with E-state index >= 15 is 0 Å². The van der Waals surface area contributed by atoms with Crippen LogP contribution in [0.4, 0.5) is 10.8 Å². The minimum Gasteiger partial charge on any atom is -0.497 e. The quantitative estimate of drug-likeness (QED) is 0.139. The monoisotopic (exact) mass is 586 g/mol. The van der Waals surface area contributed by atoms with E-state index in [4.69, 9.17) is 4.74 Å². The molecule has 0 saturated heterocycles. The minimum absolute atomic E-state index is 0.0646. The van der Waals surface area contributed by atoms with Gasteiger partial charge in [-0.3, -0.25) is 14.4 Å². The van der Waals surface area contributed by atoms with Crippen LogP contribution >= 0.6 is 23.1 Å². The van der Waals surface area contributed by atoms with Gasteiger partial charge in [0.2, 0.25) is 5.91 Å². The largest absolute Gasteiger partial charge is 0.497 e. The maximum absolute atomic E-state index is 13.4. The van der Waals surface area contributed by atoms with Gasteiger partial charge in [0.1, 0.15) is 11.4 Å². The second-order valence-electron chi connectivity index (χ2n) is 8.93. The second kappa shape index (κ2) is 14.3. The average molecular weight is 587 g/mol. The van der Waals surface area contributed by atoms with Gasteiger partial charge in [-0.15, -0.1) is 23.1 Å².